The minimum absolute atomic E-state index is 0.225. The minimum atomic E-state index is 0.225. The van der Waals surface area contributed by atoms with Crippen LogP contribution in [0.3, 0.4) is 0 Å². The van der Waals surface area contributed by atoms with Gasteiger partial charge in [0.05, 0.1) is 6.07 Å². The molecule has 0 bridgehead atoms. The highest BCUT2D eigenvalue weighted by atomic mass is 79.9. The van der Waals surface area contributed by atoms with Gasteiger partial charge in [-0.2, -0.15) is 5.26 Å². The van der Waals surface area contributed by atoms with Gasteiger partial charge in [-0.3, -0.25) is 0 Å². The van der Waals surface area contributed by atoms with Gasteiger partial charge in [0.15, 0.2) is 0 Å². The Kier molecular flexibility index (Phi) is 3.20. The van der Waals surface area contributed by atoms with Crippen LogP contribution >= 0.6 is 15.9 Å². The summed E-state index contributed by atoms with van der Waals surface area (Å²) in [5.41, 5.74) is 1.38. The molecule has 0 aromatic heterocycles. The maximum absolute atomic E-state index is 8.86. The van der Waals surface area contributed by atoms with Crippen LogP contribution in [0.1, 0.15) is 19.3 Å². The molecule has 19 heavy (non-hydrogen) atoms. The second kappa shape index (κ2) is 4.86. The van der Waals surface area contributed by atoms with E-state index < -0.39 is 0 Å². The molecule has 0 amide bonds. The fourth-order valence-corrected chi connectivity index (χ4v) is 2.94. The van der Waals surface area contributed by atoms with E-state index in [2.05, 4.69) is 63.7 Å². The Hall–Kier alpha value is -1.53. The first-order valence-corrected chi connectivity index (χ1v) is 7.31. The van der Waals surface area contributed by atoms with E-state index in [-0.39, 0.29) is 5.41 Å². The zero-order valence-electron chi connectivity index (χ0n) is 10.6. The van der Waals surface area contributed by atoms with E-state index >= 15 is 0 Å². The molecule has 2 aromatic carbocycles. The van der Waals surface area contributed by atoms with Gasteiger partial charge in [0.25, 0.3) is 0 Å². The van der Waals surface area contributed by atoms with Crippen molar-refractivity contribution in [2.45, 2.75) is 19.3 Å². The number of anilines is 1. The first-order chi connectivity index (χ1) is 9.24. The van der Waals surface area contributed by atoms with Crippen LogP contribution < -0.4 is 5.32 Å². The highest BCUT2D eigenvalue weighted by Gasteiger charge is 2.42. The zero-order valence-corrected chi connectivity index (χ0v) is 12.2. The third-order valence-corrected chi connectivity index (χ3v) is 4.63. The standard InChI is InChI=1S/C16H15BrN2/c17-14-5-6-15(13-4-2-1-3-12(13)14)19-11-16(7-8-16)9-10-18/h1-6,19H,7-9,11H2. The summed E-state index contributed by atoms with van der Waals surface area (Å²) >= 11 is 3.59. The van der Waals surface area contributed by atoms with Gasteiger partial charge in [0.1, 0.15) is 0 Å². The van der Waals surface area contributed by atoms with E-state index in [1.807, 2.05) is 0 Å². The molecule has 0 saturated heterocycles. The number of nitrogens with zero attached hydrogens (tertiary/aromatic N) is 1. The summed E-state index contributed by atoms with van der Waals surface area (Å²) < 4.78 is 1.12. The lowest BCUT2D eigenvalue weighted by atomic mass is 10.0. The second-order valence-electron chi connectivity index (χ2n) is 5.33. The molecule has 3 heteroatoms. The zero-order chi connectivity index (χ0) is 13.3. The SMILES string of the molecule is N#CCC1(CNc2ccc(Br)c3ccccc23)CC1. The molecule has 0 atom stereocenters. The highest BCUT2D eigenvalue weighted by Crippen LogP contribution is 2.48. The molecule has 0 unspecified atom stereocenters. The van der Waals surface area contributed by atoms with Crippen molar-refractivity contribution in [1.82, 2.24) is 0 Å². The molecule has 1 saturated carbocycles. The van der Waals surface area contributed by atoms with Crippen LogP contribution in [-0.2, 0) is 0 Å². The van der Waals surface area contributed by atoms with Crippen LogP contribution in [0.4, 0.5) is 5.69 Å². The molecule has 0 heterocycles. The first-order valence-electron chi connectivity index (χ1n) is 6.52. The largest absolute Gasteiger partial charge is 0.384 e. The molecular formula is C16H15BrN2. The Bertz CT molecular complexity index is 653. The number of hydrogen-bond donors (Lipinski definition) is 1. The molecule has 0 radical (unpaired) electrons. The van der Waals surface area contributed by atoms with Crippen molar-refractivity contribution < 1.29 is 0 Å². The van der Waals surface area contributed by atoms with Crippen LogP contribution in [0.15, 0.2) is 40.9 Å². The number of fused-ring (bicyclic) bond motifs is 1. The summed E-state index contributed by atoms with van der Waals surface area (Å²) in [6, 6.07) is 14.8. The fourth-order valence-electron chi connectivity index (χ4n) is 2.46. The van der Waals surface area contributed by atoms with E-state index in [1.165, 1.54) is 23.6 Å². The van der Waals surface area contributed by atoms with E-state index in [0.717, 1.165) is 16.7 Å². The van der Waals surface area contributed by atoms with Crippen LogP contribution in [-0.4, -0.2) is 6.54 Å². The number of rotatable bonds is 4. The highest BCUT2D eigenvalue weighted by molar-refractivity contribution is 9.10. The Balaban J connectivity index is 1.86. The van der Waals surface area contributed by atoms with Crippen LogP contribution in [0.2, 0.25) is 0 Å². The van der Waals surface area contributed by atoms with E-state index in [0.29, 0.717) is 6.42 Å². The molecule has 0 aliphatic heterocycles. The van der Waals surface area contributed by atoms with E-state index in [4.69, 9.17) is 5.26 Å². The summed E-state index contributed by atoms with van der Waals surface area (Å²) in [6.07, 6.45) is 3.00. The van der Waals surface area contributed by atoms with Crippen molar-refractivity contribution in [2.75, 3.05) is 11.9 Å². The average Bonchev–Trinajstić information content (AvgIpc) is 3.19. The summed E-state index contributed by atoms with van der Waals surface area (Å²) in [5.74, 6) is 0. The molecule has 1 aliphatic rings. The normalized spacial score (nSPS) is 16.0. The quantitative estimate of drug-likeness (QED) is 0.887. The average molecular weight is 315 g/mol. The van der Waals surface area contributed by atoms with Gasteiger partial charge < -0.3 is 5.32 Å². The van der Waals surface area contributed by atoms with Gasteiger partial charge in [0.2, 0.25) is 0 Å². The number of nitrogens with one attached hydrogen (secondary N) is 1. The topological polar surface area (TPSA) is 35.8 Å². The lowest BCUT2D eigenvalue weighted by Gasteiger charge is -2.15. The summed E-state index contributed by atoms with van der Waals surface area (Å²) in [6.45, 7) is 0.895. The molecule has 3 rings (SSSR count). The van der Waals surface area contributed by atoms with Gasteiger partial charge in [-0.1, -0.05) is 40.2 Å². The molecular weight excluding hydrogens is 300 g/mol. The van der Waals surface area contributed by atoms with Crippen molar-refractivity contribution in [2.24, 2.45) is 5.41 Å². The molecule has 96 valence electrons. The second-order valence-corrected chi connectivity index (χ2v) is 6.18. The number of hydrogen-bond acceptors (Lipinski definition) is 2. The van der Waals surface area contributed by atoms with Gasteiger partial charge in [-0.05, 0) is 30.4 Å². The first kappa shape index (κ1) is 12.5. The van der Waals surface area contributed by atoms with Gasteiger partial charge in [-0.25, -0.2) is 0 Å². The van der Waals surface area contributed by atoms with Crippen molar-refractivity contribution in [1.29, 1.82) is 5.26 Å². The van der Waals surface area contributed by atoms with Crippen molar-refractivity contribution >= 4 is 32.4 Å². The van der Waals surface area contributed by atoms with Crippen LogP contribution in [0.5, 0.6) is 0 Å². The number of halogens is 1. The lowest BCUT2D eigenvalue weighted by molar-refractivity contribution is 0.557. The molecule has 1 aliphatic carbocycles. The third-order valence-electron chi connectivity index (χ3n) is 3.94. The van der Waals surface area contributed by atoms with Gasteiger partial charge >= 0.3 is 0 Å². The van der Waals surface area contributed by atoms with Crippen LogP contribution in [0.25, 0.3) is 10.8 Å². The van der Waals surface area contributed by atoms with E-state index in [9.17, 15) is 0 Å². The summed E-state index contributed by atoms with van der Waals surface area (Å²) in [5, 5.41) is 14.8. The Morgan fingerprint density at radius 3 is 2.58 bits per heavy atom. The Morgan fingerprint density at radius 2 is 1.89 bits per heavy atom. The Labute approximate surface area is 121 Å². The molecule has 2 aromatic rings. The number of nitriles is 1. The van der Waals surface area contributed by atoms with Crippen LogP contribution in [0, 0.1) is 16.7 Å². The molecule has 2 nitrogen and oxygen atoms in total. The maximum Gasteiger partial charge on any atom is 0.0628 e. The van der Waals surface area contributed by atoms with E-state index in [1.54, 1.807) is 0 Å². The van der Waals surface area contributed by atoms with Gasteiger partial charge in [-0.15, -0.1) is 0 Å². The van der Waals surface area contributed by atoms with Crippen molar-refractivity contribution in [3.05, 3.63) is 40.9 Å². The van der Waals surface area contributed by atoms with Gasteiger partial charge in [0, 0.05) is 33.9 Å². The smallest absolute Gasteiger partial charge is 0.0628 e. The molecule has 1 N–H and O–H groups in total. The predicted octanol–water partition coefficient (Wildman–Crippen LogP) is 4.71. The fraction of sp³-hybridized carbons (Fsp3) is 0.312. The summed E-state index contributed by atoms with van der Waals surface area (Å²) in [4.78, 5) is 0. The summed E-state index contributed by atoms with van der Waals surface area (Å²) in [7, 11) is 0. The van der Waals surface area contributed by atoms with Crippen molar-refractivity contribution in [3.63, 3.8) is 0 Å². The third kappa shape index (κ3) is 2.46. The lowest BCUT2D eigenvalue weighted by Crippen LogP contribution is -2.14. The molecule has 0 spiro atoms. The number of benzene rings is 2. The minimum Gasteiger partial charge on any atom is -0.384 e. The Morgan fingerprint density at radius 1 is 1.16 bits per heavy atom. The predicted molar refractivity (Wildman–Crippen MR) is 82.0 cm³/mol. The maximum atomic E-state index is 8.86. The molecule has 1 fully saturated rings. The van der Waals surface area contributed by atoms with Crippen molar-refractivity contribution in [3.8, 4) is 6.07 Å². The monoisotopic (exact) mass is 314 g/mol.